The maximum atomic E-state index is 12.5. The van der Waals surface area contributed by atoms with E-state index in [4.69, 9.17) is 4.74 Å². The number of nitrogens with zero attached hydrogens (tertiary/aromatic N) is 5. The summed E-state index contributed by atoms with van der Waals surface area (Å²) in [5, 5.41) is 11.2. The van der Waals surface area contributed by atoms with Crippen molar-refractivity contribution >= 4 is 11.9 Å². The summed E-state index contributed by atoms with van der Waals surface area (Å²) >= 11 is 0. The molecule has 2 heterocycles. The van der Waals surface area contributed by atoms with E-state index in [-0.39, 0.29) is 24.3 Å². The zero-order valence-electron chi connectivity index (χ0n) is 16.8. The Balaban J connectivity index is 1.34. The molecule has 0 unspecified atom stereocenters. The number of hydrogen-bond acceptors (Lipinski definition) is 5. The lowest BCUT2D eigenvalue weighted by Gasteiger charge is -2.08. The van der Waals surface area contributed by atoms with E-state index in [2.05, 4.69) is 26.6 Å². The smallest absolute Gasteiger partial charge is 0.278 e. The van der Waals surface area contributed by atoms with Crippen molar-refractivity contribution < 1.29 is 9.53 Å². The molecule has 0 atom stereocenters. The minimum absolute atomic E-state index is 0.210. The second-order valence-electron chi connectivity index (χ2n) is 6.99. The number of carbonyl (C=O) groups is 1. The zero-order valence-corrected chi connectivity index (χ0v) is 16.8. The van der Waals surface area contributed by atoms with Crippen LogP contribution in [0.15, 0.2) is 67.1 Å². The first-order valence-corrected chi connectivity index (χ1v) is 9.55. The number of aryl methyl sites for hydroxylation is 2. The number of benzene rings is 2. The van der Waals surface area contributed by atoms with Crippen molar-refractivity contribution in [2.75, 3.05) is 5.32 Å². The van der Waals surface area contributed by atoms with Crippen LogP contribution in [-0.2, 0) is 13.3 Å². The molecule has 0 saturated heterocycles. The molecular weight excluding hydrogens is 380 g/mol. The third-order valence-corrected chi connectivity index (χ3v) is 4.51. The molecule has 2 aromatic heterocycles. The van der Waals surface area contributed by atoms with Gasteiger partial charge < -0.3 is 4.74 Å². The Hall–Kier alpha value is -3.94. The predicted molar refractivity (Wildman–Crippen MR) is 112 cm³/mol. The van der Waals surface area contributed by atoms with E-state index >= 15 is 0 Å². The molecule has 0 spiro atoms. The highest BCUT2D eigenvalue weighted by Crippen LogP contribution is 2.16. The third-order valence-electron chi connectivity index (χ3n) is 4.51. The molecule has 30 heavy (non-hydrogen) atoms. The lowest BCUT2D eigenvalue weighted by Crippen LogP contribution is -2.15. The van der Waals surface area contributed by atoms with E-state index in [0.29, 0.717) is 6.54 Å². The largest absolute Gasteiger partial charge is 0.471 e. The molecular formula is C22H22N6O2. The molecule has 0 fully saturated rings. The van der Waals surface area contributed by atoms with Crippen LogP contribution in [0.4, 0.5) is 5.95 Å². The molecule has 2 aromatic carbocycles. The fourth-order valence-electron chi connectivity index (χ4n) is 3.00. The average Bonchev–Trinajstić information content (AvgIpc) is 3.37. The van der Waals surface area contributed by atoms with Gasteiger partial charge in [-0.25, -0.2) is 14.3 Å². The summed E-state index contributed by atoms with van der Waals surface area (Å²) in [5.74, 6) is 0.638. The van der Waals surface area contributed by atoms with Crippen LogP contribution < -0.4 is 10.1 Å². The van der Waals surface area contributed by atoms with Gasteiger partial charge >= 0.3 is 0 Å². The van der Waals surface area contributed by atoms with Gasteiger partial charge in [-0.3, -0.25) is 10.1 Å². The quantitative estimate of drug-likeness (QED) is 0.512. The van der Waals surface area contributed by atoms with E-state index < -0.39 is 0 Å². The van der Waals surface area contributed by atoms with Crippen molar-refractivity contribution in [1.29, 1.82) is 0 Å². The van der Waals surface area contributed by atoms with Crippen LogP contribution in [0.2, 0.25) is 0 Å². The molecule has 0 aliphatic carbocycles. The Labute approximate surface area is 174 Å². The summed E-state index contributed by atoms with van der Waals surface area (Å²) in [6, 6.07) is 17.5. The van der Waals surface area contributed by atoms with Gasteiger partial charge in [-0.15, -0.1) is 5.10 Å². The van der Waals surface area contributed by atoms with Gasteiger partial charge in [0.15, 0.2) is 12.4 Å². The number of hydrogen-bond donors (Lipinski definition) is 1. The molecule has 152 valence electrons. The van der Waals surface area contributed by atoms with Crippen LogP contribution in [0.25, 0.3) is 0 Å². The molecule has 0 radical (unpaired) electrons. The summed E-state index contributed by atoms with van der Waals surface area (Å²) in [6.07, 6.45) is 3.28. The van der Waals surface area contributed by atoms with Gasteiger partial charge in [0.1, 0.15) is 12.1 Å². The fourth-order valence-corrected chi connectivity index (χ4v) is 3.00. The lowest BCUT2D eigenvalue weighted by molar-refractivity contribution is 0.101. The van der Waals surface area contributed by atoms with Gasteiger partial charge in [0, 0.05) is 6.20 Å². The van der Waals surface area contributed by atoms with Gasteiger partial charge in [0.2, 0.25) is 5.95 Å². The van der Waals surface area contributed by atoms with Crippen molar-refractivity contribution in [3.8, 4) is 5.75 Å². The van der Waals surface area contributed by atoms with E-state index in [1.807, 2.05) is 56.3 Å². The number of nitrogens with one attached hydrogen (secondary N) is 1. The number of aromatic nitrogens is 5. The van der Waals surface area contributed by atoms with Gasteiger partial charge in [0.05, 0.1) is 6.54 Å². The van der Waals surface area contributed by atoms with E-state index in [1.54, 1.807) is 28.0 Å². The van der Waals surface area contributed by atoms with Crippen LogP contribution in [0.5, 0.6) is 5.75 Å². The number of amides is 1. The predicted octanol–water partition coefficient (Wildman–Crippen LogP) is 3.43. The first-order valence-electron chi connectivity index (χ1n) is 9.55. The highest BCUT2D eigenvalue weighted by Gasteiger charge is 2.13. The average molecular weight is 402 g/mol. The summed E-state index contributed by atoms with van der Waals surface area (Å²) in [4.78, 5) is 16.6. The topological polar surface area (TPSA) is 86.9 Å². The maximum Gasteiger partial charge on any atom is 0.278 e. The zero-order chi connectivity index (χ0) is 20.9. The molecule has 4 rings (SSSR count). The van der Waals surface area contributed by atoms with Crippen LogP contribution in [-0.4, -0.2) is 30.5 Å². The Kier molecular flexibility index (Phi) is 5.56. The van der Waals surface area contributed by atoms with Crippen LogP contribution in [0, 0.1) is 13.8 Å². The highest BCUT2D eigenvalue weighted by molar-refractivity contribution is 6.01. The minimum Gasteiger partial charge on any atom is -0.471 e. The minimum atomic E-state index is -0.377. The second-order valence-corrected chi connectivity index (χ2v) is 6.99. The number of para-hydroxylation sites is 1. The van der Waals surface area contributed by atoms with Crippen molar-refractivity contribution in [1.82, 2.24) is 24.5 Å². The molecule has 1 N–H and O–H groups in total. The second kappa shape index (κ2) is 8.60. The fraction of sp³-hybridized carbons (Fsp3) is 0.182. The van der Waals surface area contributed by atoms with Crippen molar-refractivity contribution in [3.63, 3.8) is 0 Å². The Morgan fingerprint density at radius 3 is 2.73 bits per heavy atom. The number of anilines is 1. The summed E-state index contributed by atoms with van der Waals surface area (Å²) in [5.41, 5.74) is 3.60. The molecule has 1 amide bonds. The van der Waals surface area contributed by atoms with Crippen molar-refractivity contribution in [2.24, 2.45) is 0 Å². The Bertz CT molecular complexity index is 1160. The van der Waals surface area contributed by atoms with Crippen LogP contribution >= 0.6 is 0 Å². The van der Waals surface area contributed by atoms with E-state index in [0.717, 1.165) is 16.9 Å². The van der Waals surface area contributed by atoms with Crippen LogP contribution in [0.1, 0.15) is 27.2 Å². The third kappa shape index (κ3) is 4.72. The standard InChI is InChI=1S/C22H22N6O2/c1-16-6-5-8-18(12-16)13-28-14-23-22(26-28)24-21(29)19-10-11-27(25-19)15-30-20-9-4-3-7-17(20)2/h3-12,14H,13,15H2,1-2H3,(H,24,26,29). The van der Waals surface area contributed by atoms with Crippen molar-refractivity contribution in [2.45, 2.75) is 27.1 Å². The molecule has 8 heteroatoms. The van der Waals surface area contributed by atoms with Gasteiger partial charge in [-0.05, 0) is 37.1 Å². The van der Waals surface area contributed by atoms with Crippen molar-refractivity contribution in [3.05, 3.63) is 89.5 Å². The van der Waals surface area contributed by atoms with E-state index in [9.17, 15) is 4.79 Å². The molecule has 0 saturated carbocycles. The molecule has 8 nitrogen and oxygen atoms in total. The first-order chi connectivity index (χ1) is 14.6. The van der Waals surface area contributed by atoms with Gasteiger partial charge in [-0.2, -0.15) is 5.10 Å². The lowest BCUT2D eigenvalue weighted by atomic mass is 10.1. The van der Waals surface area contributed by atoms with Crippen LogP contribution in [0.3, 0.4) is 0 Å². The normalized spacial score (nSPS) is 10.7. The van der Waals surface area contributed by atoms with Gasteiger partial charge in [-0.1, -0.05) is 48.0 Å². The Morgan fingerprint density at radius 2 is 1.90 bits per heavy atom. The SMILES string of the molecule is Cc1cccc(Cn2cnc(NC(=O)c3ccn(COc4ccccc4C)n3)n2)c1. The summed E-state index contributed by atoms with van der Waals surface area (Å²) in [7, 11) is 0. The molecule has 0 aliphatic heterocycles. The molecule has 0 aliphatic rings. The highest BCUT2D eigenvalue weighted by atomic mass is 16.5. The summed E-state index contributed by atoms with van der Waals surface area (Å²) < 4.78 is 8.98. The monoisotopic (exact) mass is 402 g/mol. The van der Waals surface area contributed by atoms with Gasteiger partial charge in [0.25, 0.3) is 5.91 Å². The number of ether oxygens (including phenoxy) is 1. The number of carbonyl (C=O) groups excluding carboxylic acids is 1. The first kappa shape index (κ1) is 19.4. The maximum absolute atomic E-state index is 12.5. The Morgan fingerprint density at radius 1 is 1.03 bits per heavy atom. The summed E-state index contributed by atoms with van der Waals surface area (Å²) in [6.45, 7) is 4.81. The molecule has 4 aromatic rings. The number of rotatable bonds is 7. The van der Waals surface area contributed by atoms with E-state index in [1.165, 1.54) is 5.56 Å². The molecule has 0 bridgehead atoms.